The number of hydrogen-bond acceptors (Lipinski definition) is 5. The van der Waals surface area contributed by atoms with E-state index in [4.69, 9.17) is 0 Å². The Kier molecular flexibility index (Phi) is 5.99. The van der Waals surface area contributed by atoms with E-state index in [1.807, 2.05) is 7.05 Å². The Morgan fingerprint density at radius 1 is 1.38 bits per heavy atom. The first kappa shape index (κ1) is 16.3. The zero-order valence-electron chi connectivity index (χ0n) is 11.7. The third-order valence-electron chi connectivity index (χ3n) is 2.50. The maximum atomic E-state index is 9.99. The van der Waals surface area contributed by atoms with E-state index in [0.717, 1.165) is 12.9 Å². The van der Waals surface area contributed by atoms with E-state index >= 15 is 0 Å². The lowest BCUT2D eigenvalue weighted by atomic mass is 10.3. The van der Waals surface area contributed by atoms with Crippen molar-refractivity contribution in [2.45, 2.75) is 26.3 Å². The molecule has 0 fully saturated rings. The lowest BCUT2D eigenvalue weighted by molar-refractivity contribution is -0.671. The highest BCUT2D eigenvalue weighted by atomic mass is 16.6. The van der Waals surface area contributed by atoms with Gasteiger partial charge in [0.2, 0.25) is 12.1 Å². The summed E-state index contributed by atoms with van der Waals surface area (Å²) >= 11 is 0. The van der Waals surface area contributed by atoms with Gasteiger partial charge in [0.15, 0.2) is 0 Å². The van der Waals surface area contributed by atoms with Crippen LogP contribution in [0.5, 0.6) is 0 Å². The molecular formula is C11H16N6O4. The molecule has 0 radical (unpaired) electrons. The summed E-state index contributed by atoms with van der Waals surface area (Å²) < 4.78 is 4.28. The molecule has 2 heterocycles. The Bertz CT molecular complexity index is 577. The normalized spacial score (nSPS) is 9.81. The van der Waals surface area contributed by atoms with Crippen molar-refractivity contribution in [1.29, 1.82) is 0 Å². The molecule has 0 unspecified atom stereocenters. The fraction of sp³-hybridized carbons (Fsp3) is 0.455. The standard InChI is InChI=1S/C8H15N2.C3HN4O4/c1-3-4-5-10-7-6-9(2)8-10;8-6(9)2-3(7(10)11)5-1-4-2/h6-8H,3-5H2,1-2H3;1H/q+1;-1. The second-order valence-corrected chi connectivity index (χ2v) is 4.21. The lowest BCUT2D eigenvalue weighted by Gasteiger charge is -2.00. The van der Waals surface area contributed by atoms with Crippen LogP contribution in [-0.4, -0.2) is 19.4 Å². The fourth-order valence-electron chi connectivity index (χ4n) is 1.49. The van der Waals surface area contributed by atoms with Gasteiger partial charge in [0.05, 0.1) is 13.6 Å². The Labute approximate surface area is 120 Å². The molecule has 0 amide bonds. The Hall–Kier alpha value is -2.78. The SMILES string of the molecule is CCCCn1cc[n+](C)c1.O=[N+]([O-])c1nc[n-]c1[N+](=O)[O-]. The Morgan fingerprint density at radius 3 is 2.52 bits per heavy atom. The molecule has 2 rings (SSSR count). The molecule has 0 aliphatic rings. The van der Waals surface area contributed by atoms with E-state index in [1.165, 1.54) is 12.8 Å². The third kappa shape index (κ3) is 5.01. The number of nitrogens with zero attached hydrogens (tertiary/aromatic N) is 6. The van der Waals surface area contributed by atoms with E-state index in [1.54, 1.807) is 0 Å². The lowest BCUT2D eigenvalue weighted by Crippen LogP contribution is -2.23. The van der Waals surface area contributed by atoms with Crippen LogP contribution in [0.25, 0.3) is 0 Å². The minimum Gasteiger partial charge on any atom is -0.459 e. The molecule has 0 aromatic carbocycles. The van der Waals surface area contributed by atoms with Crippen molar-refractivity contribution >= 4 is 11.6 Å². The second kappa shape index (κ2) is 7.72. The zero-order chi connectivity index (χ0) is 15.8. The van der Waals surface area contributed by atoms with Gasteiger partial charge in [-0.1, -0.05) is 13.3 Å². The first-order valence-electron chi connectivity index (χ1n) is 6.23. The van der Waals surface area contributed by atoms with Crippen molar-refractivity contribution < 1.29 is 14.4 Å². The molecule has 10 nitrogen and oxygen atoms in total. The van der Waals surface area contributed by atoms with E-state index in [-0.39, 0.29) is 0 Å². The van der Waals surface area contributed by atoms with Crippen molar-refractivity contribution in [3.8, 4) is 0 Å². The molecule has 0 saturated heterocycles. The first-order chi connectivity index (χ1) is 9.95. The van der Waals surface area contributed by atoms with Crippen LogP contribution in [0.2, 0.25) is 0 Å². The molecule has 2 aromatic heterocycles. The third-order valence-corrected chi connectivity index (χ3v) is 2.50. The molecule has 2 aromatic rings. The van der Waals surface area contributed by atoms with Crippen LogP contribution in [0.1, 0.15) is 19.8 Å². The van der Waals surface area contributed by atoms with Crippen molar-refractivity contribution in [2.24, 2.45) is 7.05 Å². The number of rotatable bonds is 5. The van der Waals surface area contributed by atoms with E-state index < -0.39 is 21.5 Å². The quantitative estimate of drug-likeness (QED) is 0.460. The van der Waals surface area contributed by atoms with Crippen LogP contribution in [0.3, 0.4) is 0 Å². The van der Waals surface area contributed by atoms with E-state index in [9.17, 15) is 20.2 Å². The monoisotopic (exact) mass is 296 g/mol. The molecule has 21 heavy (non-hydrogen) atoms. The molecule has 0 bridgehead atoms. The fourth-order valence-corrected chi connectivity index (χ4v) is 1.49. The molecule has 0 aliphatic carbocycles. The van der Waals surface area contributed by atoms with Gasteiger partial charge in [0.1, 0.15) is 18.7 Å². The topological polar surface area (TPSA) is 122 Å². The maximum absolute atomic E-state index is 9.99. The van der Waals surface area contributed by atoms with Crippen molar-refractivity contribution in [3.63, 3.8) is 0 Å². The summed E-state index contributed by atoms with van der Waals surface area (Å²) in [6.45, 7) is 3.36. The van der Waals surface area contributed by atoms with Crippen molar-refractivity contribution in [2.75, 3.05) is 0 Å². The molecule has 0 atom stereocenters. The summed E-state index contributed by atoms with van der Waals surface area (Å²) in [6.07, 6.45) is 9.59. The highest BCUT2D eigenvalue weighted by Crippen LogP contribution is 2.18. The molecule has 0 aliphatic heterocycles. The van der Waals surface area contributed by atoms with Crippen LogP contribution in [0, 0.1) is 20.2 Å². The van der Waals surface area contributed by atoms with Gasteiger partial charge in [-0.3, -0.25) is 0 Å². The Morgan fingerprint density at radius 2 is 2.10 bits per heavy atom. The summed E-state index contributed by atoms with van der Waals surface area (Å²) in [7, 11) is 2.04. The predicted octanol–water partition coefficient (Wildman–Crippen LogP) is 0.968. The minimum absolute atomic E-state index is 0.774. The van der Waals surface area contributed by atoms with Crippen LogP contribution >= 0.6 is 0 Å². The van der Waals surface area contributed by atoms with Gasteiger partial charge < -0.3 is 20.2 Å². The Balaban J connectivity index is 0.000000211. The largest absolute Gasteiger partial charge is 0.459 e. The average Bonchev–Trinajstić information content (AvgIpc) is 3.05. The summed E-state index contributed by atoms with van der Waals surface area (Å²) in [5, 5.41) is 20.0. The van der Waals surface area contributed by atoms with Crippen molar-refractivity contribution in [3.05, 3.63) is 45.3 Å². The van der Waals surface area contributed by atoms with Crippen LogP contribution in [0.15, 0.2) is 25.0 Å². The number of imidazole rings is 2. The van der Waals surface area contributed by atoms with Gasteiger partial charge in [0.25, 0.3) is 0 Å². The highest BCUT2D eigenvalue weighted by molar-refractivity contribution is 5.38. The number of aromatic nitrogens is 4. The molecule has 114 valence electrons. The van der Waals surface area contributed by atoms with Crippen LogP contribution in [-0.2, 0) is 13.6 Å². The highest BCUT2D eigenvalue weighted by Gasteiger charge is 2.12. The molecule has 10 heteroatoms. The smallest absolute Gasteiger partial charge is 0.308 e. The van der Waals surface area contributed by atoms with Gasteiger partial charge in [-0.2, -0.15) is 9.91 Å². The van der Waals surface area contributed by atoms with Crippen molar-refractivity contribution in [1.82, 2.24) is 14.5 Å². The van der Waals surface area contributed by atoms with Crippen LogP contribution in [0.4, 0.5) is 11.6 Å². The molecule has 0 spiro atoms. The average molecular weight is 296 g/mol. The second-order valence-electron chi connectivity index (χ2n) is 4.21. The number of aryl methyl sites for hydroxylation is 2. The zero-order valence-corrected chi connectivity index (χ0v) is 11.7. The van der Waals surface area contributed by atoms with Gasteiger partial charge in [-0.15, -0.1) is 0 Å². The predicted molar refractivity (Wildman–Crippen MR) is 71.4 cm³/mol. The van der Waals surface area contributed by atoms with Gasteiger partial charge in [0, 0.05) is 0 Å². The molecule has 0 N–H and O–H groups in total. The first-order valence-corrected chi connectivity index (χ1v) is 6.23. The molecular weight excluding hydrogens is 280 g/mol. The van der Waals surface area contributed by atoms with Gasteiger partial charge in [-0.25, -0.2) is 14.1 Å². The van der Waals surface area contributed by atoms with Gasteiger partial charge >= 0.3 is 5.82 Å². The minimum atomic E-state index is -0.953. The van der Waals surface area contributed by atoms with E-state index in [2.05, 4.69) is 44.7 Å². The van der Waals surface area contributed by atoms with Crippen LogP contribution < -0.4 is 9.55 Å². The van der Waals surface area contributed by atoms with E-state index in [0.29, 0.717) is 0 Å². The number of hydrogen-bond donors (Lipinski definition) is 0. The van der Waals surface area contributed by atoms with Gasteiger partial charge in [-0.05, 0) is 11.3 Å². The number of unbranched alkanes of at least 4 members (excludes halogenated alkanes) is 1. The summed E-state index contributed by atoms with van der Waals surface area (Å²) in [6, 6.07) is 0. The maximum Gasteiger partial charge on any atom is 0.308 e. The summed E-state index contributed by atoms with van der Waals surface area (Å²) in [5.41, 5.74) is 0. The molecule has 0 saturated carbocycles. The number of nitro groups is 2. The summed E-state index contributed by atoms with van der Waals surface area (Å²) in [5.74, 6) is -1.65. The summed E-state index contributed by atoms with van der Waals surface area (Å²) in [4.78, 5) is 24.2.